The number of nitrogens with two attached hydrogens (primary N) is 2. The number of thiophene rings is 1. The molecule has 0 spiro atoms. The summed E-state index contributed by atoms with van der Waals surface area (Å²) in [5.41, 5.74) is 8.27. The van der Waals surface area contributed by atoms with Crippen LogP contribution in [-0.2, 0) is 0 Å². The van der Waals surface area contributed by atoms with E-state index in [-0.39, 0.29) is 5.84 Å². The fraction of sp³-hybridized carbons (Fsp3) is 0. The van der Waals surface area contributed by atoms with Gasteiger partial charge in [-0.2, -0.15) is 16.4 Å². The number of nitrogens with zero attached hydrogens (tertiary/aromatic N) is 2. The molecule has 4 aromatic rings. The zero-order chi connectivity index (χ0) is 17.4. The summed E-state index contributed by atoms with van der Waals surface area (Å²) in [4.78, 5) is 4.78. The second kappa shape index (κ2) is 6.23. The number of halogens is 1. The van der Waals surface area contributed by atoms with E-state index in [1.54, 1.807) is 11.3 Å². The van der Waals surface area contributed by atoms with Crippen molar-refractivity contribution in [1.29, 1.82) is 0 Å². The molecule has 0 radical (unpaired) electrons. The first kappa shape index (κ1) is 15.7. The van der Waals surface area contributed by atoms with Crippen molar-refractivity contribution < 1.29 is 0 Å². The second-order valence-electron chi connectivity index (χ2n) is 5.54. The van der Waals surface area contributed by atoms with Crippen LogP contribution in [0.2, 0.25) is 5.02 Å². The Kier molecular flexibility index (Phi) is 3.91. The summed E-state index contributed by atoms with van der Waals surface area (Å²) in [6, 6.07) is 13.3. The van der Waals surface area contributed by atoms with Crippen molar-refractivity contribution in [3.8, 4) is 0 Å². The van der Waals surface area contributed by atoms with Gasteiger partial charge in [0.2, 0.25) is 0 Å². The largest absolute Gasteiger partial charge is 0.382 e. The first-order chi connectivity index (χ1) is 12.2. The third-order valence-corrected chi connectivity index (χ3v) is 4.94. The van der Waals surface area contributed by atoms with Gasteiger partial charge in [0.25, 0.3) is 0 Å². The number of anilines is 2. The maximum absolute atomic E-state index is 6.08. The van der Waals surface area contributed by atoms with Crippen molar-refractivity contribution in [3.63, 3.8) is 0 Å². The highest BCUT2D eigenvalue weighted by Gasteiger charge is 2.11. The molecule has 2 aromatic carbocycles. The lowest BCUT2D eigenvalue weighted by Gasteiger charge is -2.10. The van der Waals surface area contributed by atoms with Gasteiger partial charge in [-0.1, -0.05) is 29.8 Å². The Bertz CT molecular complexity index is 1120. The molecule has 4 rings (SSSR count). The molecular weight excluding hydrogens is 354 g/mol. The minimum Gasteiger partial charge on any atom is -0.382 e. The Morgan fingerprint density at radius 2 is 1.92 bits per heavy atom. The summed E-state index contributed by atoms with van der Waals surface area (Å²) >= 11 is 7.71. The van der Waals surface area contributed by atoms with Crippen LogP contribution in [0.5, 0.6) is 0 Å². The minimum atomic E-state index is 0.276. The maximum Gasteiger partial charge on any atom is 0.150 e. The number of nitrogens with one attached hydrogen (secondary N) is 1. The number of rotatable bonds is 3. The molecule has 0 saturated heterocycles. The molecule has 0 unspecified atom stereocenters. The van der Waals surface area contributed by atoms with E-state index in [0.29, 0.717) is 5.02 Å². The third-order valence-electron chi connectivity index (χ3n) is 3.96. The summed E-state index contributed by atoms with van der Waals surface area (Å²) in [6.07, 6.45) is 0. The van der Waals surface area contributed by atoms with Crippen molar-refractivity contribution in [3.05, 3.63) is 63.8 Å². The fourth-order valence-electron chi connectivity index (χ4n) is 2.75. The molecule has 0 atom stereocenters. The van der Waals surface area contributed by atoms with E-state index in [4.69, 9.17) is 28.2 Å². The topological polar surface area (TPSA) is 89.3 Å². The van der Waals surface area contributed by atoms with E-state index in [1.807, 2.05) is 42.5 Å². The first-order valence-electron chi connectivity index (χ1n) is 7.51. The molecule has 7 heteroatoms. The van der Waals surface area contributed by atoms with Crippen LogP contribution in [-0.4, -0.2) is 10.8 Å². The minimum absolute atomic E-state index is 0.276. The van der Waals surface area contributed by atoms with Crippen LogP contribution in [0.25, 0.3) is 21.7 Å². The summed E-state index contributed by atoms with van der Waals surface area (Å²) in [6.45, 7) is 0. The number of hydrazone groups is 1. The Morgan fingerprint density at radius 3 is 2.72 bits per heavy atom. The third kappa shape index (κ3) is 2.86. The van der Waals surface area contributed by atoms with E-state index in [0.717, 1.165) is 38.7 Å². The molecule has 0 bridgehead atoms. The molecule has 0 saturated carbocycles. The predicted octanol–water partition coefficient (Wildman–Crippen LogP) is 4.43. The van der Waals surface area contributed by atoms with Gasteiger partial charge in [0, 0.05) is 37.8 Å². The molecule has 0 aliphatic heterocycles. The molecule has 0 fully saturated rings. The van der Waals surface area contributed by atoms with Gasteiger partial charge >= 0.3 is 0 Å². The number of fused-ring (bicyclic) bond motifs is 3. The Hall–Kier alpha value is -2.83. The SMILES string of the molecule is N/N=C(\N)c1ccc2c(c1)nc(Nc1cccc(Cl)c1)c1cscc12. The monoisotopic (exact) mass is 367 g/mol. The number of hydrogen-bond acceptors (Lipinski definition) is 5. The highest BCUT2D eigenvalue weighted by molar-refractivity contribution is 7.09. The molecule has 0 aliphatic carbocycles. The fourth-order valence-corrected chi connectivity index (χ4v) is 3.78. The molecule has 5 nitrogen and oxygen atoms in total. The molecule has 2 heterocycles. The lowest BCUT2D eigenvalue weighted by molar-refractivity contribution is 1.23. The Labute approximate surface area is 152 Å². The maximum atomic E-state index is 6.08. The summed E-state index contributed by atoms with van der Waals surface area (Å²) in [7, 11) is 0. The lowest BCUT2D eigenvalue weighted by atomic mass is 10.1. The molecule has 5 N–H and O–H groups in total. The van der Waals surface area contributed by atoms with Crippen LogP contribution < -0.4 is 16.9 Å². The standard InChI is InChI=1S/C18H14ClN5S/c19-11-2-1-3-12(7-11)22-18-15-9-25-8-14(15)13-5-4-10(17(20)24-21)6-16(13)23-18/h1-9H,21H2,(H2,20,24)(H,22,23). The highest BCUT2D eigenvalue weighted by atomic mass is 35.5. The van der Waals surface area contributed by atoms with Crippen LogP contribution in [0.15, 0.2) is 58.3 Å². The van der Waals surface area contributed by atoms with Gasteiger partial charge in [-0.15, -0.1) is 0 Å². The van der Waals surface area contributed by atoms with Gasteiger partial charge in [-0.3, -0.25) is 0 Å². The van der Waals surface area contributed by atoms with E-state index in [2.05, 4.69) is 21.2 Å². The predicted molar refractivity (Wildman–Crippen MR) is 107 cm³/mol. The molecule has 25 heavy (non-hydrogen) atoms. The van der Waals surface area contributed by atoms with E-state index < -0.39 is 0 Å². The van der Waals surface area contributed by atoms with Crippen molar-refractivity contribution in [2.45, 2.75) is 0 Å². The van der Waals surface area contributed by atoms with Crippen LogP contribution in [0.4, 0.5) is 11.5 Å². The van der Waals surface area contributed by atoms with E-state index in [9.17, 15) is 0 Å². The normalized spacial score (nSPS) is 12.0. The van der Waals surface area contributed by atoms with E-state index in [1.165, 1.54) is 0 Å². The quantitative estimate of drug-likeness (QED) is 0.216. The van der Waals surface area contributed by atoms with Crippen molar-refractivity contribution in [2.75, 3.05) is 5.32 Å². The van der Waals surface area contributed by atoms with Gasteiger partial charge in [0.05, 0.1) is 5.52 Å². The Balaban J connectivity index is 1.91. The van der Waals surface area contributed by atoms with Gasteiger partial charge in [0.1, 0.15) is 11.7 Å². The highest BCUT2D eigenvalue weighted by Crippen LogP contribution is 2.34. The van der Waals surface area contributed by atoms with Crippen molar-refractivity contribution >= 4 is 62.0 Å². The summed E-state index contributed by atoms with van der Waals surface area (Å²) in [5.74, 6) is 6.33. The Morgan fingerprint density at radius 1 is 1.08 bits per heavy atom. The molecular formula is C18H14ClN5S. The number of amidine groups is 1. The average Bonchev–Trinajstić information content (AvgIpc) is 3.11. The van der Waals surface area contributed by atoms with Crippen LogP contribution in [0, 0.1) is 0 Å². The smallest absolute Gasteiger partial charge is 0.150 e. The van der Waals surface area contributed by atoms with Gasteiger partial charge in [-0.05, 0) is 29.6 Å². The van der Waals surface area contributed by atoms with Gasteiger partial charge in [0.15, 0.2) is 0 Å². The van der Waals surface area contributed by atoms with Crippen molar-refractivity contribution in [1.82, 2.24) is 4.98 Å². The molecule has 0 amide bonds. The zero-order valence-corrected chi connectivity index (χ0v) is 14.6. The lowest BCUT2D eigenvalue weighted by Crippen LogP contribution is -2.15. The van der Waals surface area contributed by atoms with Crippen LogP contribution in [0.1, 0.15) is 5.56 Å². The number of hydrogen-bond donors (Lipinski definition) is 3. The van der Waals surface area contributed by atoms with Crippen LogP contribution in [0.3, 0.4) is 0 Å². The zero-order valence-electron chi connectivity index (χ0n) is 13.0. The molecule has 2 aromatic heterocycles. The average molecular weight is 368 g/mol. The van der Waals surface area contributed by atoms with Crippen molar-refractivity contribution in [2.24, 2.45) is 16.7 Å². The number of pyridine rings is 1. The molecule has 0 aliphatic rings. The number of aromatic nitrogens is 1. The summed E-state index contributed by atoms with van der Waals surface area (Å²) in [5, 5.41) is 15.0. The van der Waals surface area contributed by atoms with Crippen LogP contribution >= 0.6 is 22.9 Å². The molecule has 124 valence electrons. The second-order valence-corrected chi connectivity index (χ2v) is 6.72. The first-order valence-corrected chi connectivity index (χ1v) is 8.84. The summed E-state index contributed by atoms with van der Waals surface area (Å²) < 4.78 is 0. The van der Waals surface area contributed by atoms with Gasteiger partial charge < -0.3 is 16.9 Å². The van der Waals surface area contributed by atoms with E-state index >= 15 is 0 Å². The van der Waals surface area contributed by atoms with Gasteiger partial charge in [-0.25, -0.2) is 4.98 Å². The number of benzene rings is 2.